The second kappa shape index (κ2) is 11.7. The van der Waals surface area contributed by atoms with Gasteiger partial charge in [0.15, 0.2) is 11.6 Å². The van der Waals surface area contributed by atoms with Crippen LogP contribution in [0.15, 0.2) is 60.8 Å². The van der Waals surface area contributed by atoms with E-state index in [4.69, 9.17) is 19.9 Å². The van der Waals surface area contributed by atoms with Crippen LogP contribution in [0, 0.1) is 5.92 Å². The summed E-state index contributed by atoms with van der Waals surface area (Å²) in [5.74, 6) is 1.36. The third kappa shape index (κ3) is 5.64. The quantitative estimate of drug-likeness (QED) is 0.111. The molecule has 1 aliphatic rings. The van der Waals surface area contributed by atoms with E-state index in [9.17, 15) is 4.79 Å². The number of carbonyl (C=O) groups is 1. The van der Waals surface area contributed by atoms with Crippen LogP contribution in [0.2, 0.25) is 0 Å². The SMILES string of the molecule is CC(C)C(Nc1ccc(/C=C/C(=O)NO)cc1)c1cc2nc(-c3cccc4[nH]ncc34)nc(N3CCOCC3)c2s1. The maximum atomic E-state index is 11.3. The number of fused-ring (bicyclic) bond motifs is 2. The predicted molar refractivity (Wildman–Crippen MR) is 162 cm³/mol. The average molecular weight is 570 g/mol. The van der Waals surface area contributed by atoms with Crippen LogP contribution in [0.3, 0.4) is 0 Å². The molecule has 3 aromatic heterocycles. The minimum atomic E-state index is -0.569. The topological polar surface area (TPSA) is 128 Å². The summed E-state index contributed by atoms with van der Waals surface area (Å²) in [5.41, 5.74) is 6.25. The van der Waals surface area contributed by atoms with E-state index in [1.54, 1.807) is 22.9 Å². The van der Waals surface area contributed by atoms with Crippen LogP contribution < -0.4 is 15.7 Å². The van der Waals surface area contributed by atoms with Gasteiger partial charge in [0.1, 0.15) is 0 Å². The first-order chi connectivity index (χ1) is 20.0. The first kappa shape index (κ1) is 26.9. The zero-order chi connectivity index (χ0) is 28.3. The number of nitrogens with one attached hydrogen (secondary N) is 3. The zero-order valence-corrected chi connectivity index (χ0v) is 23.6. The van der Waals surface area contributed by atoms with Gasteiger partial charge < -0.3 is 15.0 Å². The molecule has 0 saturated carbocycles. The van der Waals surface area contributed by atoms with Gasteiger partial charge in [0.05, 0.1) is 41.2 Å². The van der Waals surface area contributed by atoms with Crippen molar-refractivity contribution in [3.8, 4) is 11.4 Å². The van der Waals surface area contributed by atoms with Gasteiger partial charge in [0, 0.05) is 40.7 Å². The first-order valence-corrected chi connectivity index (χ1v) is 14.4. The van der Waals surface area contributed by atoms with Crippen molar-refractivity contribution in [1.82, 2.24) is 25.6 Å². The van der Waals surface area contributed by atoms with Gasteiger partial charge in [-0.3, -0.25) is 15.1 Å². The number of carbonyl (C=O) groups excluding carboxylic acids is 1. The minimum absolute atomic E-state index is 0.0500. The third-order valence-electron chi connectivity index (χ3n) is 7.15. The smallest absolute Gasteiger partial charge is 0.267 e. The van der Waals surface area contributed by atoms with E-state index in [1.165, 1.54) is 11.0 Å². The number of H-pyrrole nitrogens is 1. The molecule has 0 spiro atoms. The van der Waals surface area contributed by atoms with Gasteiger partial charge in [0.2, 0.25) is 0 Å². The standard InChI is InChI=1S/C30H31N7O3S/c1-18(2)27(32-20-9-6-19(7-10-20)8-11-26(38)36-39)25-16-24-28(41-25)30(37-12-14-40-15-13-37)34-29(33-24)21-4-3-5-23-22(21)17-31-35-23/h3-11,16-18,27,32,39H,12-15H2,1-2H3,(H,31,35)(H,36,38)/b11-8+. The fraction of sp³-hybridized carbons (Fsp3) is 0.267. The fourth-order valence-electron chi connectivity index (χ4n) is 5.01. The number of hydroxylamine groups is 1. The van der Waals surface area contributed by atoms with Gasteiger partial charge >= 0.3 is 0 Å². The van der Waals surface area contributed by atoms with E-state index in [1.807, 2.05) is 48.7 Å². The lowest BCUT2D eigenvalue weighted by atomic mass is 10.0. The lowest BCUT2D eigenvalue weighted by molar-refractivity contribution is -0.124. The van der Waals surface area contributed by atoms with Crippen molar-refractivity contribution in [3.05, 3.63) is 71.2 Å². The molecule has 6 rings (SSSR count). The van der Waals surface area contributed by atoms with E-state index in [2.05, 4.69) is 40.3 Å². The number of benzene rings is 2. The van der Waals surface area contributed by atoms with Gasteiger partial charge in [0.25, 0.3) is 5.91 Å². The molecule has 1 saturated heterocycles. The van der Waals surface area contributed by atoms with Crippen LogP contribution in [0.4, 0.5) is 11.5 Å². The predicted octanol–water partition coefficient (Wildman–Crippen LogP) is 5.40. The molecule has 0 radical (unpaired) electrons. The molecule has 10 nitrogen and oxygen atoms in total. The van der Waals surface area contributed by atoms with Gasteiger partial charge in [-0.2, -0.15) is 5.10 Å². The Hall–Kier alpha value is -4.32. The van der Waals surface area contributed by atoms with Crippen LogP contribution in [0.25, 0.3) is 38.6 Å². The Morgan fingerprint density at radius 1 is 1.15 bits per heavy atom. The second-order valence-electron chi connectivity index (χ2n) is 10.3. The Kier molecular flexibility index (Phi) is 7.64. The molecule has 11 heteroatoms. The van der Waals surface area contributed by atoms with E-state index < -0.39 is 5.91 Å². The maximum Gasteiger partial charge on any atom is 0.267 e. The number of nitrogens with zero attached hydrogens (tertiary/aromatic N) is 4. The monoisotopic (exact) mass is 569 g/mol. The van der Waals surface area contributed by atoms with Crippen molar-refractivity contribution in [2.75, 3.05) is 36.5 Å². The van der Waals surface area contributed by atoms with E-state index in [0.29, 0.717) is 25.0 Å². The number of amides is 1. The largest absolute Gasteiger partial charge is 0.378 e. The molecule has 0 aliphatic carbocycles. The highest BCUT2D eigenvalue weighted by molar-refractivity contribution is 7.19. The number of anilines is 2. The van der Waals surface area contributed by atoms with Crippen LogP contribution >= 0.6 is 11.3 Å². The van der Waals surface area contributed by atoms with Gasteiger partial charge in [-0.25, -0.2) is 15.4 Å². The Morgan fingerprint density at radius 2 is 1.95 bits per heavy atom. The highest BCUT2D eigenvalue weighted by atomic mass is 32.1. The number of aromatic amines is 1. The Morgan fingerprint density at radius 3 is 2.71 bits per heavy atom. The molecular formula is C30H31N7O3S. The summed E-state index contributed by atoms with van der Waals surface area (Å²) in [4.78, 5) is 25.0. The highest BCUT2D eigenvalue weighted by Crippen LogP contribution is 2.40. The molecule has 2 aromatic carbocycles. The molecule has 1 amide bonds. The zero-order valence-electron chi connectivity index (χ0n) is 22.8. The van der Waals surface area contributed by atoms with Crippen molar-refractivity contribution in [2.24, 2.45) is 5.92 Å². The number of morpholine rings is 1. The molecule has 0 bridgehead atoms. The van der Waals surface area contributed by atoms with Crippen LogP contribution in [0.5, 0.6) is 0 Å². The average Bonchev–Trinajstić information content (AvgIpc) is 3.66. The summed E-state index contributed by atoms with van der Waals surface area (Å²) in [7, 11) is 0. The minimum Gasteiger partial charge on any atom is -0.378 e. The molecule has 41 heavy (non-hydrogen) atoms. The third-order valence-corrected chi connectivity index (χ3v) is 8.36. The molecular weight excluding hydrogens is 538 g/mol. The molecule has 1 fully saturated rings. The maximum absolute atomic E-state index is 11.3. The highest BCUT2D eigenvalue weighted by Gasteiger charge is 2.24. The Bertz CT molecular complexity index is 1700. The molecule has 5 aromatic rings. The van der Waals surface area contributed by atoms with E-state index in [-0.39, 0.29) is 6.04 Å². The van der Waals surface area contributed by atoms with Gasteiger partial charge in [-0.15, -0.1) is 11.3 Å². The molecule has 210 valence electrons. The number of hydrogen-bond acceptors (Lipinski definition) is 9. The summed E-state index contributed by atoms with van der Waals surface area (Å²) >= 11 is 1.73. The Balaban J connectivity index is 1.37. The van der Waals surface area contributed by atoms with E-state index in [0.717, 1.165) is 56.8 Å². The normalized spacial score (nSPS) is 14.8. The Labute approximate surface area is 241 Å². The van der Waals surface area contributed by atoms with Crippen molar-refractivity contribution < 1.29 is 14.7 Å². The number of aromatic nitrogens is 4. The van der Waals surface area contributed by atoms with Crippen LogP contribution in [0.1, 0.15) is 30.3 Å². The second-order valence-corrected chi connectivity index (χ2v) is 11.4. The fourth-order valence-corrected chi connectivity index (χ4v) is 6.34. The molecule has 1 unspecified atom stereocenters. The summed E-state index contributed by atoms with van der Waals surface area (Å²) in [6, 6.07) is 16.1. The number of hydrogen-bond donors (Lipinski definition) is 4. The number of rotatable bonds is 8. The van der Waals surface area contributed by atoms with Crippen molar-refractivity contribution >= 4 is 55.9 Å². The van der Waals surface area contributed by atoms with Gasteiger partial charge in [-0.05, 0) is 41.8 Å². The molecule has 1 atom stereocenters. The first-order valence-electron chi connectivity index (χ1n) is 13.6. The lowest BCUT2D eigenvalue weighted by Crippen LogP contribution is -2.36. The lowest BCUT2D eigenvalue weighted by Gasteiger charge is -2.28. The van der Waals surface area contributed by atoms with Crippen LogP contribution in [-0.2, 0) is 9.53 Å². The van der Waals surface area contributed by atoms with Crippen molar-refractivity contribution in [1.29, 1.82) is 0 Å². The summed E-state index contributed by atoms with van der Waals surface area (Å²) in [5, 5.41) is 20.7. The summed E-state index contributed by atoms with van der Waals surface area (Å²) in [6.07, 6.45) is 4.76. The summed E-state index contributed by atoms with van der Waals surface area (Å²) in [6.45, 7) is 7.30. The van der Waals surface area contributed by atoms with Crippen LogP contribution in [-0.4, -0.2) is 57.6 Å². The summed E-state index contributed by atoms with van der Waals surface area (Å²) < 4.78 is 6.71. The molecule has 1 aliphatic heterocycles. The van der Waals surface area contributed by atoms with Gasteiger partial charge in [-0.1, -0.05) is 38.1 Å². The number of ether oxygens (including phenoxy) is 1. The van der Waals surface area contributed by atoms with E-state index >= 15 is 0 Å². The molecule has 4 heterocycles. The molecule has 4 N–H and O–H groups in total. The number of thiophene rings is 1. The van der Waals surface area contributed by atoms with Crippen molar-refractivity contribution in [3.63, 3.8) is 0 Å². The van der Waals surface area contributed by atoms with Crippen molar-refractivity contribution in [2.45, 2.75) is 19.9 Å².